The number of amides is 1. The number of ether oxygens (including phenoxy) is 1. The molecule has 0 aliphatic rings. The predicted molar refractivity (Wildman–Crippen MR) is 111 cm³/mol. The summed E-state index contributed by atoms with van der Waals surface area (Å²) in [7, 11) is 1.43. The molecule has 0 saturated heterocycles. The summed E-state index contributed by atoms with van der Waals surface area (Å²) in [6.07, 6.45) is 1.58. The third-order valence-electron chi connectivity index (χ3n) is 3.95. The van der Waals surface area contributed by atoms with Crippen molar-refractivity contribution in [2.75, 3.05) is 7.11 Å². The molecule has 1 amide bonds. The molecule has 0 fully saturated rings. The van der Waals surface area contributed by atoms with Crippen molar-refractivity contribution in [3.05, 3.63) is 80.5 Å². The monoisotopic (exact) mass is 457 g/mol. The molecule has 3 aromatic rings. The van der Waals surface area contributed by atoms with Gasteiger partial charge in [0, 0.05) is 10.5 Å². The number of nitro benzene ring substituents is 1. The van der Waals surface area contributed by atoms with E-state index in [9.17, 15) is 14.9 Å². The van der Waals surface area contributed by atoms with Gasteiger partial charge in [-0.1, -0.05) is 28.1 Å². The summed E-state index contributed by atoms with van der Waals surface area (Å²) < 4.78 is 11.8. The molecule has 0 radical (unpaired) electrons. The summed E-state index contributed by atoms with van der Waals surface area (Å²) in [5.41, 5.74) is 3.80. The highest BCUT2D eigenvalue weighted by molar-refractivity contribution is 9.10. The second-order valence-corrected chi connectivity index (χ2v) is 6.86. The maximum absolute atomic E-state index is 11.9. The molecule has 0 unspecified atom stereocenters. The number of hydrogen-bond acceptors (Lipinski definition) is 6. The molecule has 2 aromatic carbocycles. The fourth-order valence-electron chi connectivity index (χ4n) is 2.56. The Labute approximate surface area is 174 Å². The zero-order valence-corrected chi connectivity index (χ0v) is 16.9. The van der Waals surface area contributed by atoms with Gasteiger partial charge in [-0.15, -0.1) is 0 Å². The first-order chi connectivity index (χ1) is 14.0. The van der Waals surface area contributed by atoms with Crippen LogP contribution in [0.4, 0.5) is 5.69 Å². The van der Waals surface area contributed by atoms with Crippen LogP contribution in [0.2, 0.25) is 0 Å². The number of furan rings is 1. The van der Waals surface area contributed by atoms with Crippen molar-refractivity contribution in [3.8, 4) is 17.1 Å². The highest BCUT2D eigenvalue weighted by Crippen LogP contribution is 2.34. The number of hydrogen-bond donors (Lipinski definition) is 1. The van der Waals surface area contributed by atoms with Gasteiger partial charge in [-0.3, -0.25) is 14.9 Å². The van der Waals surface area contributed by atoms with Gasteiger partial charge < -0.3 is 9.15 Å². The van der Waals surface area contributed by atoms with E-state index < -0.39 is 4.92 Å². The van der Waals surface area contributed by atoms with E-state index in [0.29, 0.717) is 22.8 Å². The van der Waals surface area contributed by atoms with Crippen molar-refractivity contribution in [2.45, 2.75) is 6.42 Å². The van der Waals surface area contributed by atoms with Crippen LogP contribution in [0.5, 0.6) is 5.75 Å². The quantitative estimate of drug-likeness (QED) is 0.323. The number of halogens is 1. The lowest BCUT2D eigenvalue weighted by Crippen LogP contribution is -2.19. The Morgan fingerprint density at radius 2 is 2.00 bits per heavy atom. The van der Waals surface area contributed by atoms with Crippen molar-refractivity contribution in [3.63, 3.8) is 0 Å². The van der Waals surface area contributed by atoms with Gasteiger partial charge in [0.1, 0.15) is 17.3 Å². The Morgan fingerprint density at radius 1 is 1.24 bits per heavy atom. The summed E-state index contributed by atoms with van der Waals surface area (Å²) in [5.74, 6) is 0.927. The number of rotatable bonds is 7. The molecule has 1 heterocycles. The minimum absolute atomic E-state index is 0.0765. The Balaban J connectivity index is 1.65. The average molecular weight is 458 g/mol. The Hall–Kier alpha value is -3.46. The first kappa shape index (κ1) is 20.3. The molecular weight excluding hydrogens is 442 g/mol. The zero-order chi connectivity index (χ0) is 20.8. The van der Waals surface area contributed by atoms with E-state index in [-0.39, 0.29) is 18.0 Å². The normalized spacial score (nSPS) is 10.8. The lowest BCUT2D eigenvalue weighted by Gasteiger charge is -2.05. The van der Waals surface area contributed by atoms with Crippen molar-refractivity contribution < 1.29 is 18.9 Å². The van der Waals surface area contributed by atoms with E-state index in [2.05, 4.69) is 26.5 Å². The smallest absolute Gasteiger partial charge is 0.273 e. The number of carbonyl (C=O) groups is 1. The van der Waals surface area contributed by atoms with Gasteiger partial charge >= 0.3 is 0 Å². The lowest BCUT2D eigenvalue weighted by atomic mass is 10.1. The molecule has 0 aliphatic carbocycles. The third-order valence-corrected chi connectivity index (χ3v) is 4.48. The van der Waals surface area contributed by atoms with Crippen LogP contribution in [-0.2, 0) is 11.2 Å². The molecule has 3 rings (SSSR count). The number of nitrogens with one attached hydrogen (secondary N) is 1. The number of nitrogens with zero attached hydrogens (tertiary/aromatic N) is 2. The maximum Gasteiger partial charge on any atom is 0.273 e. The predicted octanol–water partition coefficient (Wildman–Crippen LogP) is 4.32. The van der Waals surface area contributed by atoms with Gasteiger partial charge in [0.05, 0.1) is 36.3 Å². The van der Waals surface area contributed by atoms with Crippen molar-refractivity contribution in [2.24, 2.45) is 5.10 Å². The van der Waals surface area contributed by atoms with Gasteiger partial charge in [-0.25, -0.2) is 5.43 Å². The molecule has 0 bridgehead atoms. The molecule has 0 aliphatic heterocycles. The molecule has 148 valence electrons. The van der Waals surface area contributed by atoms with Crippen LogP contribution in [0.1, 0.15) is 11.3 Å². The number of hydrazone groups is 1. The van der Waals surface area contributed by atoms with Crippen LogP contribution < -0.4 is 10.2 Å². The van der Waals surface area contributed by atoms with Crippen LogP contribution in [0.25, 0.3) is 11.3 Å². The molecule has 0 spiro atoms. The van der Waals surface area contributed by atoms with Crippen LogP contribution in [0.15, 0.2) is 68.6 Å². The zero-order valence-electron chi connectivity index (χ0n) is 15.3. The summed E-state index contributed by atoms with van der Waals surface area (Å²) in [4.78, 5) is 22.3. The topological polar surface area (TPSA) is 107 Å². The Kier molecular flexibility index (Phi) is 6.40. The number of benzene rings is 2. The van der Waals surface area contributed by atoms with Crippen molar-refractivity contribution in [1.29, 1.82) is 0 Å². The lowest BCUT2D eigenvalue weighted by molar-refractivity contribution is -0.384. The number of nitro groups is 1. The van der Waals surface area contributed by atoms with Gasteiger partial charge in [0.15, 0.2) is 0 Å². The second kappa shape index (κ2) is 9.16. The molecular formula is C20H16BrN3O5. The second-order valence-electron chi connectivity index (χ2n) is 5.94. The summed E-state index contributed by atoms with van der Waals surface area (Å²) >= 11 is 3.34. The van der Waals surface area contributed by atoms with Crippen molar-refractivity contribution in [1.82, 2.24) is 5.43 Å². The first-order valence-electron chi connectivity index (χ1n) is 8.45. The van der Waals surface area contributed by atoms with E-state index in [1.807, 2.05) is 24.3 Å². The summed E-state index contributed by atoms with van der Waals surface area (Å²) in [6.45, 7) is 0. The Bertz CT molecular complexity index is 1060. The van der Waals surface area contributed by atoms with E-state index in [4.69, 9.17) is 9.15 Å². The number of methoxy groups -OCH3 is 1. The molecule has 1 aromatic heterocycles. The number of non-ortho nitro benzene ring substituents is 1. The summed E-state index contributed by atoms with van der Waals surface area (Å²) in [6, 6.07) is 15.0. The average Bonchev–Trinajstić information content (AvgIpc) is 3.18. The van der Waals surface area contributed by atoms with Crippen LogP contribution >= 0.6 is 15.9 Å². The largest absolute Gasteiger partial charge is 0.496 e. The van der Waals surface area contributed by atoms with Crippen molar-refractivity contribution >= 4 is 33.7 Å². The maximum atomic E-state index is 11.9. The van der Waals surface area contributed by atoms with Gasteiger partial charge in [0.2, 0.25) is 5.91 Å². The molecule has 9 heteroatoms. The summed E-state index contributed by atoms with van der Waals surface area (Å²) in [5, 5.41) is 14.8. The van der Waals surface area contributed by atoms with E-state index >= 15 is 0 Å². The molecule has 29 heavy (non-hydrogen) atoms. The molecule has 1 N–H and O–H groups in total. The Morgan fingerprint density at radius 3 is 2.69 bits per heavy atom. The standard InChI is InChI=1S/C20H16BrN3O5/c1-28-19-11-15(24(26)27)6-8-17(19)18-9-7-16(29-18)12-22-23-20(25)10-13-2-4-14(21)5-3-13/h2-9,11-12H,10H2,1H3,(H,23,25)/b22-12-. The van der Waals surface area contributed by atoms with Crippen LogP contribution in [0, 0.1) is 10.1 Å². The highest BCUT2D eigenvalue weighted by Gasteiger charge is 2.15. The first-order valence-corrected chi connectivity index (χ1v) is 9.24. The SMILES string of the molecule is COc1cc([N+](=O)[O-])ccc1-c1ccc(/C=N\NC(=O)Cc2ccc(Br)cc2)o1. The van der Waals surface area contributed by atoms with Gasteiger partial charge in [-0.05, 0) is 35.9 Å². The van der Waals surface area contributed by atoms with E-state index in [1.165, 1.54) is 25.5 Å². The fraction of sp³-hybridized carbons (Fsp3) is 0.100. The van der Waals surface area contributed by atoms with Crippen LogP contribution in [0.3, 0.4) is 0 Å². The molecule has 0 saturated carbocycles. The van der Waals surface area contributed by atoms with Gasteiger partial charge in [-0.2, -0.15) is 5.10 Å². The number of carbonyl (C=O) groups excluding carboxylic acids is 1. The minimum Gasteiger partial charge on any atom is -0.496 e. The van der Waals surface area contributed by atoms with E-state index in [1.54, 1.807) is 18.2 Å². The minimum atomic E-state index is -0.497. The molecule has 8 nitrogen and oxygen atoms in total. The van der Waals surface area contributed by atoms with Gasteiger partial charge in [0.25, 0.3) is 5.69 Å². The highest BCUT2D eigenvalue weighted by atomic mass is 79.9. The van der Waals surface area contributed by atoms with E-state index in [0.717, 1.165) is 10.0 Å². The fourth-order valence-corrected chi connectivity index (χ4v) is 2.82. The third kappa shape index (κ3) is 5.29. The molecule has 0 atom stereocenters. The van der Waals surface area contributed by atoms with Crippen LogP contribution in [-0.4, -0.2) is 24.2 Å².